The molecule has 1 amide bonds. The van der Waals surface area contributed by atoms with Gasteiger partial charge in [0.15, 0.2) is 0 Å². The van der Waals surface area contributed by atoms with E-state index in [1.807, 2.05) is 25.3 Å². The van der Waals surface area contributed by atoms with E-state index in [9.17, 15) is 18.0 Å². The zero-order chi connectivity index (χ0) is 26.5. The number of carbonyl (C=O) groups is 2. The van der Waals surface area contributed by atoms with Gasteiger partial charge in [-0.1, -0.05) is 0 Å². The Labute approximate surface area is 208 Å². The van der Waals surface area contributed by atoms with E-state index in [1.54, 1.807) is 16.9 Å². The maximum absolute atomic E-state index is 12.6. The number of hydrogen-bond acceptors (Lipinski definition) is 9. The van der Waals surface area contributed by atoms with Crippen molar-refractivity contribution in [1.82, 2.24) is 34.5 Å². The van der Waals surface area contributed by atoms with E-state index in [2.05, 4.69) is 42.2 Å². The fourth-order valence-electron chi connectivity index (χ4n) is 3.28. The van der Waals surface area contributed by atoms with Gasteiger partial charge < -0.3 is 15.3 Å². The number of nitrogens with zero attached hydrogens (tertiary/aromatic N) is 7. The minimum Gasteiger partial charge on any atom is -0.475 e. The second kappa shape index (κ2) is 11.5. The smallest absolute Gasteiger partial charge is 0.475 e. The fraction of sp³-hybridized carbons (Fsp3) is 0.429. The molecule has 0 aromatic carbocycles. The van der Waals surface area contributed by atoms with Gasteiger partial charge in [-0.25, -0.2) is 19.4 Å². The number of halogens is 3. The van der Waals surface area contributed by atoms with Gasteiger partial charge in [-0.2, -0.15) is 23.3 Å². The molecule has 0 unspecified atom stereocenters. The minimum atomic E-state index is -5.08. The summed E-state index contributed by atoms with van der Waals surface area (Å²) < 4.78 is 33.4. The van der Waals surface area contributed by atoms with Gasteiger partial charge in [0.05, 0.1) is 12.2 Å². The van der Waals surface area contributed by atoms with Crippen LogP contribution in [0.1, 0.15) is 11.4 Å². The van der Waals surface area contributed by atoms with Crippen LogP contribution in [0.15, 0.2) is 23.7 Å². The van der Waals surface area contributed by atoms with Crippen molar-refractivity contribution < 1.29 is 27.9 Å². The molecule has 1 saturated heterocycles. The Morgan fingerprint density at radius 2 is 1.81 bits per heavy atom. The molecule has 1 aliphatic rings. The molecule has 0 radical (unpaired) electrons. The van der Waals surface area contributed by atoms with Crippen LogP contribution < -0.4 is 5.32 Å². The maximum Gasteiger partial charge on any atom is 0.490 e. The number of aromatic nitrogens is 5. The summed E-state index contributed by atoms with van der Waals surface area (Å²) >= 11 is 1.49. The van der Waals surface area contributed by atoms with Crippen molar-refractivity contribution in [3.8, 4) is 16.6 Å². The van der Waals surface area contributed by atoms with E-state index in [1.165, 1.54) is 11.3 Å². The SMILES string of the molecule is Cc1cc(C)n(-c2nc(NC(=O)CN3CCN(C)CC3)cc(-c3nccs3)n2)n1.O=C(O)C(F)(F)F. The largest absolute Gasteiger partial charge is 0.490 e. The van der Waals surface area contributed by atoms with Gasteiger partial charge in [-0.3, -0.25) is 9.69 Å². The van der Waals surface area contributed by atoms with Crippen LogP contribution in [-0.4, -0.2) is 97.5 Å². The van der Waals surface area contributed by atoms with Crippen LogP contribution in [0, 0.1) is 13.8 Å². The highest BCUT2D eigenvalue weighted by Gasteiger charge is 2.38. The lowest BCUT2D eigenvalue weighted by molar-refractivity contribution is -0.192. The maximum atomic E-state index is 12.6. The molecule has 0 aliphatic carbocycles. The zero-order valence-electron chi connectivity index (χ0n) is 19.8. The monoisotopic (exact) mass is 526 g/mol. The second-order valence-corrected chi connectivity index (χ2v) is 8.94. The van der Waals surface area contributed by atoms with Gasteiger partial charge in [-0.15, -0.1) is 11.3 Å². The molecule has 3 aromatic rings. The summed E-state index contributed by atoms with van der Waals surface area (Å²) in [4.78, 5) is 39.4. The van der Waals surface area contributed by atoms with E-state index in [4.69, 9.17) is 9.90 Å². The van der Waals surface area contributed by atoms with Gasteiger partial charge in [-0.05, 0) is 27.0 Å². The number of aryl methyl sites for hydroxylation is 2. The molecule has 1 fully saturated rings. The quantitative estimate of drug-likeness (QED) is 0.514. The van der Waals surface area contributed by atoms with Crippen molar-refractivity contribution in [3.05, 3.63) is 35.1 Å². The van der Waals surface area contributed by atoms with Crippen LogP contribution >= 0.6 is 11.3 Å². The molecule has 4 rings (SSSR count). The Hall–Kier alpha value is -3.43. The number of carbonyl (C=O) groups excluding carboxylic acids is 1. The average molecular weight is 527 g/mol. The van der Waals surface area contributed by atoms with E-state index in [0.717, 1.165) is 42.6 Å². The summed E-state index contributed by atoms with van der Waals surface area (Å²) in [5.41, 5.74) is 2.47. The number of amides is 1. The number of nitrogens with one attached hydrogen (secondary N) is 1. The number of anilines is 1. The van der Waals surface area contributed by atoms with E-state index >= 15 is 0 Å². The van der Waals surface area contributed by atoms with Crippen LogP contribution in [-0.2, 0) is 9.59 Å². The summed E-state index contributed by atoms with van der Waals surface area (Å²) in [6.07, 6.45) is -3.35. The fourth-order valence-corrected chi connectivity index (χ4v) is 3.87. The number of carboxylic acid groups (broad SMARTS) is 1. The van der Waals surface area contributed by atoms with Crippen LogP contribution in [0.3, 0.4) is 0 Å². The summed E-state index contributed by atoms with van der Waals surface area (Å²) in [5, 5.41) is 17.2. The third kappa shape index (κ3) is 7.53. The van der Waals surface area contributed by atoms with Gasteiger partial charge >= 0.3 is 12.1 Å². The number of piperazine rings is 1. The first-order valence-electron chi connectivity index (χ1n) is 10.8. The van der Waals surface area contributed by atoms with Crippen LogP contribution in [0.4, 0.5) is 19.0 Å². The summed E-state index contributed by atoms with van der Waals surface area (Å²) in [7, 11) is 2.10. The molecule has 1 aliphatic heterocycles. The number of aliphatic carboxylic acids is 1. The molecular formula is C21H25F3N8O3S. The molecule has 194 valence electrons. The predicted octanol–water partition coefficient (Wildman–Crippen LogP) is 2.22. The van der Waals surface area contributed by atoms with Crippen molar-refractivity contribution in [3.63, 3.8) is 0 Å². The Morgan fingerprint density at radius 1 is 1.14 bits per heavy atom. The van der Waals surface area contributed by atoms with Crippen LogP contribution in [0.5, 0.6) is 0 Å². The van der Waals surface area contributed by atoms with Gasteiger partial charge in [0.25, 0.3) is 5.95 Å². The molecule has 3 aromatic heterocycles. The average Bonchev–Trinajstić information content (AvgIpc) is 3.44. The van der Waals surface area contributed by atoms with Crippen molar-refractivity contribution in [2.24, 2.45) is 0 Å². The molecule has 15 heteroatoms. The molecule has 2 N–H and O–H groups in total. The first kappa shape index (κ1) is 27.2. The molecule has 0 atom stereocenters. The number of thiazole rings is 1. The predicted molar refractivity (Wildman–Crippen MR) is 126 cm³/mol. The van der Waals surface area contributed by atoms with E-state index < -0.39 is 12.1 Å². The van der Waals surface area contributed by atoms with Crippen molar-refractivity contribution in [1.29, 1.82) is 0 Å². The number of likely N-dealkylation sites (N-methyl/N-ethyl adjacent to an activating group) is 1. The van der Waals surface area contributed by atoms with Crippen molar-refractivity contribution >= 4 is 29.0 Å². The summed E-state index contributed by atoms with van der Waals surface area (Å²) in [6, 6.07) is 3.72. The number of hydrogen-bond donors (Lipinski definition) is 2. The topological polar surface area (TPSA) is 129 Å². The van der Waals surface area contributed by atoms with Crippen molar-refractivity contribution in [2.45, 2.75) is 20.0 Å². The number of rotatable bonds is 5. The molecule has 11 nitrogen and oxygen atoms in total. The standard InChI is InChI=1S/C19H24N8OS.C2HF3O2/c1-13-10-14(2)27(24-13)19-21-15(18-20-4-9-29-18)11-16(23-19)22-17(28)12-26-7-5-25(3)6-8-26;3-2(4,5)1(6)7/h4,9-11H,5-8,12H2,1-3H3,(H,21,22,23,28);(H,6,7). The molecule has 0 saturated carbocycles. The lowest BCUT2D eigenvalue weighted by Crippen LogP contribution is -2.47. The Bertz CT molecular complexity index is 1190. The summed E-state index contributed by atoms with van der Waals surface area (Å²) in [6.45, 7) is 7.93. The second-order valence-electron chi connectivity index (χ2n) is 8.05. The molecule has 0 spiro atoms. The number of alkyl halides is 3. The normalized spacial score (nSPS) is 14.7. The Morgan fingerprint density at radius 3 is 2.33 bits per heavy atom. The highest BCUT2D eigenvalue weighted by atomic mass is 32.1. The van der Waals surface area contributed by atoms with E-state index in [0.29, 0.717) is 24.0 Å². The molecule has 4 heterocycles. The Balaban J connectivity index is 0.000000454. The van der Waals surface area contributed by atoms with Gasteiger partial charge in [0.2, 0.25) is 5.91 Å². The van der Waals surface area contributed by atoms with Crippen LogP contribution in [0.2, 0.25) is 0 Å². The molecule has 0 bridgehead atoms. The third-order valence-electron chi connectivity index (χ3n) is 5.04. The lowest BCUT2D eigenvalue weighted by atomic mass is 10.3. The van der Waals surface area contributed by atoms with E-state index in [-0.39, 0.29) is 5.91 Å². The van der Waals surface area contributed by atoms with Gasteiger partial charge in [0, 0.05) is 49.5 Å². The number of carboxylic acids is 1. The van der Waals surface area contributed by atoms with Crippen LogP contribution in [0.25, 0.3) is 16.6 Å². The van der Waals surface area contributed by atoms with Gasteiger partial charge in [0.1, 0.15) is 16.5 Å². The highest BCUT2D eigenvalue weighted by molar-refractivity contribution is 7.13. The molecule has 36 heavy (non-hydrogen) atoms. The minimum absolute atomic E-state index is 0.0855. The molecular weight excluding hydrogens is 501 g/mol. The third-order valence-corrected chi connectivity index (χ3v) is 5.83. The van der Waals surface area contributed by atoms with Crippen molar-refractivity contribution in [2.75, 3.05) is 45.1 Å². The summed E-state index contributed by atoms with van der Waals surface area (Å²) in [5.74, 6) is -1.98. The first-order chi connectivity index (χ1) is 16.9. The first-order valence-corrected chi connectivity index (χ1v) is 11.6. The lowest BCUT2D eigenvalue weighted by Gasteiger charge is -2.31. The Kier molecular flexibility index (Phi) is 8.70. The highest BCUT2D eigenvalue weighted by Crippen LogP contribution is 2.23. The zero-order valence-corrected chi connectivity index (χ0v) is 20.6.